The molecule has 3 aromatic carbocycles. The van der Waals surface area contributed by atoms with Gasteiger partial charge in [0.15, 0.2) is 0 Å². The number of rotatable bonds is 10. The van der Waals surface area contributed by atoms with Crippen LogP contribution in [-0.2, 0) is 16.0 Å². The summed E-state index contributed by atoms with van der Waals surface area (Å²) in [6.07, 6.45) is 3.80. The summed E-state index contributed by atoms with van der Waals surface area (Å²) >= 11 is 6.00. The highest BCUT2D eigenvalue weighted by Crippen LogP contribution is 2.40. The van der Waals surface area contributed by atoms with Crippen molar-refractivity contribution in [2.75, 3.05) is 13.2 Å². The number of benzene rings is 3. The SMILES string of the molecule is CCCCCOc1ccc(C2C(=C(O)c3ccc(Cl)cc3)C(=O)C(=O)N2CCc2ccccc2)cc1. The molecule has 1 atom stereocenters. The first kappa shape index (κ1) is 25.5. The third-order valence-corrected chi connectivity index (χ3v) is 6.61. The van der Waals surface area contributed by atoms with Crippen LogP contribution in [0.3, 0.4) is 0 Å². The molecule has 1 heterocycles. The molecule has 0 bridgehead atoms. The van der Waals surface area contributed by atoms with E-state index >= 15 is 0 Å². The molecule has 36 heavy (non-hydrogen) atoms. The van der Waals surface area contributed by atoms with Gasteiger partial charge in [-0.1, -0.05) is 73.8 Å². The van der Waals surface area contributed by atoms with Gasteiger partial charge in [0.2, 0.25) is 0 Å². The number of Topliss-reactive ketones (excluding diaryl/α,β-unsaturated/α-hetero) is 1. The van der Waals surface area contributed by atoms with Gasteiger partial charge < -0.3 is 14.7 Å². The van der Waals surface area contributed by atoms with Gasteiger partial charge in [0.1, 0.15) is 11.5 Å². The molecule has 0 spiro atoms. The smallest absolute Gasteiger partial charge is 0.295 e. The summed E-state index contributed by atoms with van der Waals surface area (Å²) < 4.78 is 5.83. The summed E-state index contributed by atoms with van der Waals surface area (Å²) in [6, 6.07) is 23.1. The Morgan fingerprint density at radius 1 is 0.944 bits per heavy atom. The van der Waals surface area contributed by atoms with Crippen LogP contribution in [0.2, 0.25) is 5.02 Å². The molecular weight excluding hydrogens is 474 g/mol. The van der Waals surface area contributed by atoms with Crippen LogP contribution < -0.4 is 4.74 Å². The van der Waals surface area contributed by atoms with Crippen molar-refractivity contribution in [3.8, 4) is 5.75 Å². The average Bonchev–Trinajstić information content (AvgIpc) is 3.16. The van der Waals surface area contributed by atoms with Gasteiger partial charge in [0, 0.05) is 17.1 Å². The Kier molecular flexibility index (Phi) is 8.44. The van der Waals surface area contributed by atoms with Gasteiger partial charge in [-0.25, -0.2) is 0 Å². The first-order valence-electron chi connectivity index (χ1n) is 12.3. The van der Waals surface area contributed by atoms with Crippen molar-refractivity contribution >= 4 is 29.1 Å². The van der Waals surface area contributed by atoms with Crippen LogP contribution in [-0.4, -0.2) is 34.8 Å². The third-order valence-electron chi connectivity index (χ3n) is 6.35. The number of carbonyl (C=O) groups is 2. The van der Waals surface area contributed by atoms with Crippen molar-refractivity contribution in [2.24, 2.45) is 0 Å². The molecule has 0 aliphatic carbocycles. The van der Waals surface area contributed by atoms with Crippen LogP contribution in [0, 0.1) is 0 Å². The molecule has 6 heteroatoms. The van der Waals surface area contributed by atoms with E-state index in [1.54, 1.807) is 29.2 Å². The number of unbranched alkanes of at least 4 members (excludes halogenated alkanes) is 2. The number of aliphatic hydroxyl groups excluding tert-OH is 1. The van der Waals surface area contributed by atoms with Crippen LogP contribution in [0.15, 0.2) is 84.4 Å². The van der Waals surface area contributed by atoms with E-state index in [4.69, 9.17) is 16.3 Å². The molecule has 0 radical (unpaired) electrons. The third kappa shape index (κ3) is 5.80. The molecule has 0 aromatic heterocycles. The second-order valence-electron chi connectivity index (χ2n) is 8.86. The standard InChI is InChI=1S/C30H30ClNO4/c1-2-3-7-20-36-25-16-12-22(13-17-25)27-26(28(33)23-10-14-24(31)15-11-23)29(34)30(35)32(27)19-18-21-8-5-4-6-9-21/h4-6,8-17,27,33H,2-3,7,18-20H2,1H3. The maximum atomic E-state index is 13.2. The fourth-order valence-electron chi connectivity index (χ4n) is 4.40. The Morgan fingerprint density at radius 3 is 2.31 bits per heavy atom. The van der Waals surface area contributed by atoms with E-state index in [9.17, 15) is 14.7 Å². The number of ether oxygens (including phenoxy) is 1. The van der Waals surface area contributed by atoms with Gasteiger partial charge in [0.05, 0.1) is 18.2 Å². The quantitative estimate of drug-likeness (QED) is 0.147. The van der Waals surface area contributed by atoms with E-state index in [1.165, 1.54) is 0 Å². The van der Waals surface area contributed by atoms with E-state index in [0.29, 0.717) is 30.2 Å². The molecule has 1 aliphatic rings. The van der Waals surface area contributed by atoms with Crippen LogP contribution in [0.25, 0.3) is 5.76 Å². The van der Waals surface area contributed by atoms with Crippen LogP contribution in [0.1, 0.15) is 48.9 Å². The minimum Gasteiger partial charge on any atom is -0.507 e. The van der Waals surface area contributed by atoms with Crippen molar-refractivity contribution in [3.05, 3.63) is 106 Å². The van der Waals surface area contributed by atoms with Gasteiger partial charge in [-0.05, 0) is 60.4 Å². The van der Waals surface area contributed by atoms with Crippen molar-refractivity contribution in [3.63, 3.8) is 0 Å². The summed E-state index contributed by atoms with van der Waals surface area (Å²) in [5.74, 6) is -0.794. The highest BCUT2D eigenvalue weighted by molar-refractivity contribution is 6.46. The second-order valence-corrected chi connectivity index (χ2v) is 9.30. The summed E-state index contributed by atoms with van der Waals surface area (Å²) in [7, 11) is 0. The number of aliphatic hydroxyl groups is 1. The lowest BCUT2D eigenvalue weighted by Crippen LogP contribution is -2.31. The first-order chi connectivity index (χ1) is 17.5. The van der Waals surface area contributed by atoms with Crippen molar-refractivity contribution in [1.29, 1.82) is 0 Å². The zero-order valence-corrected chi connectivity index (χ0v) is 21.1. The maximum absolute atomic E-state index is 13.2. The fourth-order valence-corrected chi connectivity index (χ4v) is 4.53. The van der Waals surface area contributed by atoms with Crippen molar-refractivity contribution < 1.29 is 19.4 Å². The molecule has 1 amide bonds. The average molecular weight is 504 g/mol. The molecule has 1 saturated heterocycles. The fraction of sp³-hybridized carbons (Fsp3) is 0.267. The monoisotopic (exact) mass is 503 g/mol. The van der Waals surface area contributed by atoms with Crippen LogP contribution in [0.4, 0.5) is 0 Å². The minimum absolute atomic E-state index is 0.0759. The first-order valence-corrected chi connectivity index (χ1v) is 12.7. The molecule has 1 unspecified atom stereocenters. The predicted octanol–water partition coefficient (Wildman–Crippen LogP) is 6.57. The molecule has 0 saturated carbocycles. The van der Waals surface area contributed by atoms with Gasteiger partial charge in [-0.2, -0.15) is 0 Å². The maximum Gasteiger partial charge on any atom is 0.295 e. The Balaban J connectivity index is 1.68. The lowest BCUT2D eigenvalue weighted by Gasteiger charge is -2.25. The number of ketones is 1. The number of hydrogen-bond donors (Lipinski definition) is 1. The van der Waals surface area contributed by atoms with Crippen molar-refractivity contribution in [2.45, 2.75) is 38.6 Å². The Morgan fingerprint density at radius 2 is 1.64 bits per heavy atom. The zero-order chi connectivity index (χ0) is 25.5. The number of hydrogen-bond acceptors (Lipinski definition) is 4. The van der Waals surface area contributed by atoms with E-state index in [-0.39, 0.29) is 11.3 Å². The highest BCUT2D eigenvalue weighted by Gasteiger charge is 2.45. The number of likely N-dealkylation sites (tertiary alicyclic amines) is 1. The summed E-state index contributed by atoms with van der Waals surface area (Å²) in [5.41, 5.74) is 2.30. The molecule has 3 aromatic rings. The predicted molar refractivity (Wildman–Crippen MR) is 142 cm³/mol. The Hall–Kier alpha value is -3.57. The van der Waals surface area contributed by atoms with Gasteiger partial charge in [-0.3, -0.25) is 9.59 Å². The van der Waals surface area contributed by atoms with Gasteiger partial charge in [0.25, 0.3) is 11.7 Å². The summed E-state index contributed by atoms with van der Waals surface area (Å²) in [5, 5.41) is 11.7. The lowest BCUT2D eigenvalue weighted by molar-refractivity contribution is -0.139. The second kappa shape index (κ2) is 11.9. The molecule has 1 N–H and O–H groups in total. The lowest BCUT2D eigenvalue weighted by atomic mass is 9.95. The van der Waals surface area contributed by atoms with Crippen LogP contribution in [0.5, 0.6) is 5.75 Å². The van der Waals surface area contributed by atoms with Gasteiger partial charge >= 0.3 is 0 Å². The molecular formula is C30H30ClNO4. The normalized spacial score (nSPS) is 16.9. The number of amides is 1. The van der Waals surface area contributed by atoms with E-state index in [0.717, 1.165) is 36.1 Å². The van der Waals surface area contributed by atoms with Crippen molar-refractivity contribution in [1.82, 2.24) is 4.90 Å². The molecule has 1 fully saturated rings. The molecule has 4 rings (SSSR count). The van der Waals surface area contributed by atoms with Crippen LogP contribution >= 0.6 is 11.6 Å². The number of carbonyl (C=O) groups excluding carboxylic acids is 2. The molecule has 5 nitrogen and oxygen atoms in total. The summed E-state index contributed by atoms with van der Waals surface area (Å²) in [4.78, 5) is 27.9. The molecule has 1 aliphatic heterocycles. The van der Waals surface area contributed by atoms with E-state index in [1.807, 2.05) is 54.6 Å². The van der Waals surface area contributed by atoms with Gasteiger partial charge in [-0.15, -0.1) is 0 Å². The number of halogens is 1. The Labute approximate surface area is 217 Å². The van der Waals surface area contributed by atoms with E-state index in [2.05, 4.69) is 6.92 Å². The topological polar surface area (TPSA) is 66.8 Å². The zero-order valence-electron chi connectivity index (χ0n) is 20.3. The Bertz CT molecular complexity index is 1220. The highest BCUT2D eigenvalue weighted by atomic mass is 35.5. The largest absolute Gasteiger partial charge is 0.507 e. The molecule has 186 valence electrons. The minimum atomic E-state index is -0.710. The number of nitrogens with zero attached hydrogens (tertiary/aromatic N) is 1. The van der Waals surface area contributed by atoms with E-state index < -0.39 is 17.7 Å². The summed E-state index contributed by atoms with van der Waals surface area (Å²) in [6.45, 7) is 3.12.